The SMILES string of the molecule is O=C1C(n2ccnn2)N(CCC2CCOCC2)c2nccnc2N1c1ccccc1. The molecule has 1 fully saturated rings. The molecular weight excluding hydrogens is 382 g/mol. The largest absolute Gasteiger partial charge is 0.381 e. The normalized spacial score (nSPS) is 19.7. The number of nitrogens with zero attached hydrogens (tertiary/aromatic N) is 7. The van der Waals surface area contributed by atoms with Gasteiger partial charge in [-0.25, -0.2) is 14.6 Å². The van der Waals surface area contributed by atoms with Crippen molar-refractivity contribution in [2.24, 2.45) is 5.92 Å². The Morgan fingerprint density at radius 2 is 1.77 bits per heavy atom. The van der Waals surface area contributed by atoms with E-state index in [1.54, 1.807) is 34.4 Å². The second kappa shape index (κ2) is 8.19. The van der Waals surface area contributed by atoms with Gasteiger partial charge < -0.3 is 9.64 Å². The summed E-state index contributed by atoms with van der Waals surface area (Å²) in [5, 5.41) is 8.08. The smallest absolute Gasteiger partial charge is 0.278 e. The van der Waals surface area contributed by atoms with E-state index in [4.69, 9.17) is 4.74 Å². The van der Waals surface area contributed by atoms with Crippen LogP contribution in [0.1, 0.15) is 25.4 Å². The van der Waals surface area contributed by atoms with Crippen LogP contribution in [0.15, 0.2) is 55.1 Å². The lowest BCUT2D eigenvalue weighted by Crippen LogP contribution is -2.50. The van der Waals surface area contributed by atoms with Crippen molar-refractivity contribution in [1.29, 1.82) is 0 Å². The molecule has 3 aromatic rings. The van der Waals surface area contributed by atoms with Crippen LogP contribution in [0.25, 0.3) is 0 Å². The summed E-state index contributed by atoms with van der Waals surface area (Å²) in [4.78, 5) is 26.5. The molecule has 9 nitrogen and oxygen atoms in total. The standard InChI is InChI=1S/C21H23N7O2/c29-21-20(27-13-11-24-25-27)26(12-6-16-7-14-30-15-8-16)18-19(23-10-9-22-18)28(21)17-4-2-1-3-5-17/h1-5,9-11,13,16,20H,6-8,12,14-15H2. The zero-order chi connectivity index (χ0) is 20.3. The zero-order valence-electron chi connectivity index (χ0n) is 16.5. The topological polar surface area (TPSA) is 89.3 Å². The molecule has 2 aliphatic heterocycles. The maximum absolute atomic E-state index is 13.8. The molecule has 0 radical (unpaired) electrons. The fourth-order valence-electron chi connectivity index (χ4n) is 4.17. The number of anilines is 3. The lowest BCUT2D eigenvalue weighted by Gasteiger charge is -2.41. The molecule has 9 heteroatoms. The Bertz CT molecular complexity index is 990. The van der Waals surface area contributed by atoms with Gasteiger partial charge in [-0.15, -0.1) is 5.10 Å². The number of carbonyl (C=O) groups is 1. The predicted molar refractivity (Wildman–Crippen MR) is 110 cm³/mol. The number of ether oxygens (including phenoxy) is 1. The molecule has 0 spiro atoms. The minimum absolute atomic E-state index is 0.133. The number of amides is 1. The number of benzene rings is 1. The van der Waals surface area contributed by atoms with E-state index in [1.807, 2.05) is 35.2 Å². The van der Waals surface area contributed by atoms with Crippen molar-refractivity contribution in [3.63, 3.8) is 0 Å². The van der Waals surface area contributed by atoms with Crippen molar-refractivity contribution >= 4 is 23.2 Å². The summed E-state index contributed by atoms with van der Waals surface area (Å²) < 4.78 is 7.09. The van der Waals surface area contributed by atoms with Gasteiger partial charge in [0.25, 0.3) is 5.91 Å². The van der Waals surface area contributed by atoms with Gasteiger partial charge in [-0.05, 0) is 37.3 Å². The van der Waals surface area contributed by atoms with E-state index in [9.17, 15) is 4.79 Å². The molecule has 0 N–H and O–H groups in total. The fraction of sp³-hybridized carbons (Fsp3) is 0.381. The van der Waals surface area contributed by atoms with Gasteiger partial charge in [-0.3, -0.25) is 9.69 Å². The molecule has 0 saturated carbocycles. The minimum Gasteiger partial charge on any atom is -0.381 e. The first-order chi connectivity index (χ1) is 14.8. The Hall–Kier alpha value is -3.33. The zero-order valence-corrected chi connectivity index (χ0v) is 16.5. The molecule has 2 aliphatic rings. The lowest BCUT2D eigenvalue weighted by atomic mass is 9.96. The van der Waals surface area contributed by atoms with Crippen LogP contribution in [0.3, 0.4) is 0 Å². The number of hydrogen-bond donors (Lipinski definition) is 0. The highest BCUT2D eigenvalue weighted by Crippen LogP contribution is 2.40. The van der Waals surface area contributed by atoms with Gasteiger partial charge in [-0.2, -0.15) is 0 Å². The van der Waals surface area contributed by atoms with Gasteiger partial charge in [0, 0.05) is 38.3 Å². The van der Waals surface area contributed by atoms with Crippen LogP contribution >= 0.6 is 0 Å². The predicted octanol–water partition coefficient (Wildman–Crippen LogP) is 2.57. The van der Waals surface area contributed by atoms with Crippen molar-refractivity contribution in [2.75, 3.05) is 29.6 Å². The van der Waals surface area contributed by atoms with Crippen molar-refractivity contribution < 1.29 is 9.53 Å². The highest BCUT2D eigenvalue weighted by atomic mass is 16.5. The summed E-state index contributed by atoms with van der Waals surface area (Å²) in [6, 6.07) is 9.52. The average molecular weight is 405 g/mol. The Morgan fingerprint density at radius 1 is 1.00 bits per heavy atom. The molecule has 4 heterocycles. The molecule has 1 unspecified atom stereocenters. The lowest BCUT2D eigenvalue weighted by molar-refractivity contribution is -0.121. The molecule has 1 amide bonds. The molecule has 1 saturated heterocycles. The summed E-state index contributed by atoms with van der Waals surface area (Å²) in [5.41, 5.74) is 0.749. The van der Waals surface area contributed by atoms with Gasteiger partial charge in [0.15, 0.2) is 11.6 Å². The second-order valence-electron chi connectivity index (χ2n) is 7.51. The molecular formula is C21H23N7O2. The van der Waals surface area contributed by atoms with Crippen LogP contribution in [0.5, 0.6) is 0 Å². The summed E-state index contributed by atoms with van der Waals surface area (Å²) in [6.45, 7) is 2.28. The fourth-order valence-corrected chi connectivity index (χ4v) is 4.17. The number of carbonyl (C=O) groups excluding carboxylic acids is 1. The van der Waals surface area contributed by atoms with Crippen LogP contribution in [0, 0.1) is 5.92 Å². The van der Waals surface area contributed by atoms with E-state index in [0.29, 0.717) is 24.1 Å². The van der Waals surface area contributed by atoms with E-state index in [0.717, 1.165) is 38.2 Å². The Balaban J connectivity index is 1.55. The van der Waals surface area contributed by atoms with Crippen molar-refractivity contribution in [3.05, 3.63) is 55.1 Å². The van der Waals surface area contributed by atoms with E-state index in [-0.39, 0.29) is 5.91 Å². The Morgan fingerprint density at radius 3 is 2.50 bits per heavy atom. The van der Waals surface area contributed by atoms with Crippen molar-refractivity contribution in [3.8, 4) is 0 Å². The van der Waals surface area contributed by atoms with Crippen LogP contribution in [-0.4, -0.2) is 50.6 Å². The number of hydrogen-bond acceptors (Lipinski definition) is 7. The maximum atomic E-state index is 13.8. The van der Waals surface area contributed by atoms with Crippen LogP contribution in [0.2, 0.25) is 0 Å². The summed E-state index contributed by atoms with van der Waals surface area (Å²) >= 11 is 0. The molecule has 1 aromatic carbocycles. The molecule has 154 valence electrons. The number of para-hydroxylation sites is 1. The molecule has 2 aromatic heterocycles. The first-order valence-electron chi connectivity index (χ1n) is 10.2. The third-order valence-corrected chi connectivity index (χ3v) is 5.71. The van der Waals surface area contributed by atoms with Gasteiger partial charge in [0.2, 0.25) is 6.17 Å². The van der Waals surface area contributed by atoms with Crippen molar-refractivity contribution in [1.82, 2.24) is 25.0 Å². The highest BCUT2D eigenvalue weighted by Gasteiger charge is 2.42. The Labute approximate surface area is 174 Å². The molecule has 5 rings (SSSR count). The molecule has 30 heavy (non-hydrogen) atoms. The first kappa shape index (κ1) is 18.7. The van der Waals surface area contributed by atoms with Crippen LogP contribution < -0.4 is 9.80 Å². The number of aromatic nitrogens is 5. The summed E-state index contributed by atoms with van der Waals surface area (Å²) in [7, 11) is 0. The number of rotatable bonds is 5. The monoisotopic (exact) mass is 405 g/mol. The van der Waals surface area contributed by atoms with Gasteiger partial charge in [-0.1, -0.05) is 23.4 Å². The quantitative estimate of drug-likeness (QED) is 0.644. The van der Waals surface area contributed by atoms with E-state index in [1.165, 1.54) is 0 Å². The molecule has 1 atom stereocenters. The summed E-state index contributed by atoms with van der Waals surface area (Å²) in [6.07, 6.45) is 8.95. The van der Waals surface area contributed by atoms with Crippen LogP contribution in [-0.2, 0) is 9.53 Å². The third kappa shape index (κ3) is 3.41. The number of fused-ring (bicyclic) bond motifs is 1. The van der Waals surface area contributed by atoms with Crippen molar-refractivity contribution in [2.45, 2.75) is 25.4 Å². The van der Waals surface area contributed by atoms with E-state index >= 15 is 0 Å². The van der Waals surface area contributed by atoms with E-state index < -0.39 is 6.17 Å². The first-order valence-corrected chi connectivity index (χ1v) is 10.2. The van der Waals surface area contributed by atoms with Gasteiger partial charge in [0.1, 0.15) is 0 Å². The Kier molecular flexibility index (Phi) is 5.10. The van der Waals surface area contributed by atoms with E-state index in [2.05, 4.69) is 20.3 Å². The highest BCUT2D eigenvalue weighted by molar-refractivity contribution is 6.07. The van der Waals surface area contributed by atoms with Gasteiger partial charge >= 0.3 is 0 Å². The van der Waals surface area contributed by atoms with Gasteiger partial charge in [0.05, 0.1) is 11.9 Å². The average Bonchev–Trinajstić information content (AvgIpc) is 3.33. The molecule has 0 aliphatic carbocycles. The third-order valence-electron chi connectivity index (χ3n) is 5.71. The second-order valence-corrected chi connectivity index (χ2v) is 7.51. The van der Waals surface area contributed by atoms with Crippen LogP contribution in [0.4, 0.5) is 17.3 Å². The summed E-state index contributed by atoms with van der Waals surface area (Å²) in [5.74, 6) is 1.65. The minimum atomic E-state index is -0.670. The molecule has 0 bridgehead atoms. The maximum Gasteiger partial charge on any atom is 0.278 e.